The van der Waals surface area contributed by atoms with Crippen LogP contribution in [0.3, 0.4) is 0 Å². The molecule has 1 radical (unpaired) electrons. The van der Waals surface area contributed by atoms with Crippen molar-refractivity contribution in [3.8, 4) is 11.8 Å². The maximum atomic E-state index is 3.10. The van der Waals surface area contributed by atoms with E-state index in [1.807, 2.05) is 0 Å². The van der Waals surface area contributed by atoms with Crippen LogP contribution in [0, 0.1) is 18.3 Å². The van der Waals surface area contributed by atoms with Gasteiger partial charge in [0, 0.05) is 12.8 Å². The predicted octanol–water partition coefficient (Wildman–Crippen LogP) is 3.74. The third-order valence-corrected chi connectivity index (χ3v) is 1.53. The molecule has 0 nitrogen and oxygen atoms in total. The van der Waals surface area contributed by atoms with Gasteiger partial charge in [0.25, 0.3) is 0 Å². The minimum absolute atomic E-state index is 1.03. The summed E-state index contributed by atoms with van der Waals surface area (Å²) in [6.45, 7) is 4.21. The van der Waals surface area contributed by atoms with Gasteiger partial charge in [-0.3, -0.25) is 0 Å². The van der Waals surface area contributed by atoms with Gasteiger partial charge in [-0.15, -0.1) is 5.92 Å². The van der Waals surface area contributed by atoms with Crippen molar-refractivity contribution in [3.63, 3.8) is 0 Å². The molecule has 0 unspecified atom stereocenters. The van der Waals surface area contributed by atoms with Crippen molar-refractivity contribution in [1.82, 2.24) is 0 Å². The lowest BCUT2D eigenvalue weighted by Gasteiger charge is -1.89. The van der Waals surface area contributed by atoms with E-state index < -0.39 is 0 Å². The molecule has 0 aromatic rings. The van der Waals surface area contributed by atoms with Gasteiger partial charge in [-0.05, 0) is 32.6 Å². The van der Waals surface area contributed by atoms with Crippen molar-refractivity contribution < 1.29 is 0 Å². The van der Waals surface area contributed by atoms with E-state index in [0.29, 0.717) is 0 Å². The first-order valence-corrected chi connectivity index (χ1v) is 4.83. The molecule has 0 N–H and O–H groups in total. The van der Waals surface area contributed by atoms with Gasteiger partial charge in [0.1, 0.15) is 0 Å². The molecule has 0 bridgehead atoms. The lowest BCUT2D eigenvalue weighted by Crippen LogP contribution is -1.73. The molecule has 0 aliphatic heterocycles. The molecule has 0 spiro atoms. The fourth-order valence-corrected chi connectivity index (χ4v) is 0.846. The monoisotopic (exact) mass is 163 g/mol. The Balaban J connectivity index is 3.06. The SMILES string of the molecule is CC=CCCC[CH]C#CCCC. The first-order chi connectivity index (χ1) is 5.91. The normalized spacial score (nSPS) is 9.83. The summed E-state index contributed by atoms with van der Waals surface area (Å²) < 4.78 is 0. The summed E-state index contributed by atoms with van der Waals surface area (Å²) in [6.07, 6.45) is 12.1. The van der Waals surface area contributed by atoms with Crippen LogP contribution in [0.25, 0.3) is 0 Å². The highest BCUT2D eigenvalue weighted by molar-refractivity contribution is 5.09. The zero-order valence-electron chi connectivity index (χ0n) is 8.27. The van der Waals surface area contributed by atoms with Crippen LogP contribution in [0.5, 0.6) is 0 Å². The predicted molar refractivity (Wildman–Crippen MR) is 55.6 cm³/mol. The summed E-state index contributed by atoms with van der Waals surface area (Å²) in [5, 5.41) is 0. The van der Waals surface area contributed by atoms with Crippen LogP contribution in [0.15, 0.2) is 12.2 Å². The van der Waals surface area contributed by atoms with Crippen molar-refractivity contribution >= 4 is 0 Å². The van der Waals surface area contributed by atoms with Crippen molar-refractivity contribution in [2.24, 2.45) is 0 Å². The average Bonchev–Trinajstić information content (AvgIpc) is 2.10. The van der Waals surface area contributed by atoms with Crippen LogP contribution in [0.2, 0.25) is 0 Å². The Morgan fingerprint density at radius 3 is 2.75 bits per heavy atom. The second-order valence-electron chi connectivity index (χ2n) is 2.78. The lowest BCUT2D eigenvalue weighted by molar-refractivity contribution is 0.846. The van der Waals surface area contributed by atoms with E-state index in [0.717, 1.165) is 12.8 Å². The van der Waals surface area contributed by atoms with Gasteiger partial charge in [-0.25, -0.2) is 0 Å². The maximum Gasteiger partial charge on any atom is 0.0340 e. The number of rotatable bonds is 5. The van der Waals surface area contributed by atoms with Gasteiger partial charge >= 0.3 is 0 Å². The van der Waals surface area contributed by atoms with Gasteiger partial charge in [0.05, 0.1) is 0 Å². The molecule has 0 aliphatic rings. The van der Waals surface area contributed by atoms with Crippen molar-refractivity contribution in [2.45, 2.75) is 46.0 Å². The molecule has 12 heavy (non-hydrogen) atoms. The van der Waals surface area contributed by atoms with Crippen molar-refractivity contribution in [1.29, 1.82) is 0 Å². The molecule has 0 fully saturated rings. The van der Waals surface area contributed by atoms with Gasteiger partial charge in [0.2, 0.25) is 0 Å². The first kappa shape index (κ1) is 11.3. The minimum Gasteiger partial charge on any atom is -0.103 e. The van der Waals surface area contributed by atoms with Crippen LogP contribution < -0.4 is 0 Å². The molecule has 67 valence electrons. The molecular weight excluding hydrogens is 144 g/mol. The van der Waals surface area contributed by atoms with Crippen LogP contribution in [-0.2, 0) is 0 Å². The highest BCUT2D eigenvalue weighted by atomic mass is 13.9. The Labute approximate surface area is 77.1 Å². The number of hydrogen-bond donors (Lipinski definition) is 0. The summed E-state index contributed by atoms with van der Waals surface area (Å²) in [5.74, 6) is 6.17. The van der Waals surface area contributed by atoms with Gasteiger partial charge in [-0.1, -0.05) is 25.0 Å². The molecule has 0 aromatic carbocycles. The molecule has 0 saturated heterocycles. The van der Waals surface area contributed by atoms with E-state index in [2.05, 4.69) is 44.3 Å². The molecular formula is C12H19. The van der Waals surface area contributed by atoms with Gasteiger partial charge < -0.3 is 0 Å². The fraction of sp³-hybridized carbons (Fsp3) is 0.583. The number of allylic oxidation sites excluding steroid dienone is 2. The molecule has 0 aromatic heterocycles. The van der Waals surface area contributed by atoms with Crippen LogP contribution in [-0.4, -0.2) is 0 Å². The third-order valence-electron chi connectivity index (χ3n) is 1.53. The number of unbranched alkanes of at least 4 members (excludes halogenated alkanes) is 4. The van der Waals surface area contributed by atoms with E-state index in [4.69, 9.17) is 0 Å². The molecule has 0 rings (SSSR count). The van der Waals surface area contributed by atoms with Crippen LogP contribution in [0.1, 0.15) is 46.0 Å². The Morgan fingerprint density at radius 2 is 2.08 bits per heavy atom. The van der Waals surface area contributed by atoms with E-state index in [-0.39, 0.29) is 0 Å². The summed E-state index contributed by atoms with van der Waals surface area (Å²) >= 11 is 0. The third kappa shape index (κ3) is 9.30. The quantitative estimate of drug-likeness (QED) is 0.329. The molecule has 0 heterocycles. The van der Waals surface area contributed by atoms with Gasteiger partial charge in [0.15, 0.2) is 0 Å². The fourth-order valence-electron chi connectivity index (χ4n) is 0.846. The topological polar surface area (TPSA) is 0 Å². The Bertz CT molecular complexity index is 155. The molecule has 0 saturated carbocycles. The van der Waals surface area contributed by atoms with E-state index in [9.17, 15) is 0 Å². The molecule has 0 aliphatic carbocycles. The summed E-state index contributed by atoms with van der Waals surface area (Å²) in [4.78, 5) is 0. The van der Waals surface area contributed by atoms with Crippen molar-refractivity contribution in [3.05, 3.63) is 18.6 Å². The lowest BCUT2D eigenvalue weighted by atomic mass is 10.2. The summed E-state index contributed by atoms with van der Waals surface area (Å²) in [7, 11) is 0. The Morgan fingerprint density at radius 1 is 1.25 bits per heavy atom. The van der Waals surface area contributed by atoms with E-state index >= 15 is 0 Å². The van der Waals surface area contributed by atoms with Crippen molar-refractivity contribution in [2.75, 3.05) is 0 Å². The van der Waals surface area contributed by atoms with E-state index in [1.54, 1.807) is 0 Å². The molecule has 0 heteroatoms. The maximum absolute atomic E-state index is 3.10. The smallest absolute Gasteiger partial charge is 0.0340 e. The second kappa shape index (κ2) is 10.3. The number of hydrogen-bond acceptors (Lipinski definition) is 0. The summed E-state index contributed by atoms with van der Waals surface area (Å²) in [6, 6.07) is 0. The minimum atomic E-state index is 1.03. The zero-order chi connectivity index (χ0) is 9.07. The Kier molecular flexibility index (Phi) is 9.70. The average molecular weight is 163 g/mol. The zero-order valence-corrected chi connectivity index (χ0v) is 8.27. The van der Waals surface area contributed by atoms with Crippen LogP contribution >= 0.6 is 0 Å². The molecule has 0 atom stereocenters. The second-order valence-corrected chi connectivity index (χ2v) is 2.78. The highest BCUT2D eigenvalue weighted by Crippen LogP contribution is 1.98. The molecule has 0 amide bonds. The largest absolute Gasteiger partial charge is 0.103 e. The van der Waals surface area contributed by atoms with E-state index in [1.165, 1.54) is 19.3 Å². The van der Waals surface area contributed by atoms with Crippen LogP contribution in [0.4, 0.5) is 0 Å². The first-order valence-electron chi connectivity index (χ1n) is 4.83. The summed E-state index contributed by atoms with van der Waals surface area (Å²) in [5.41, 5.74) is 0. The standard InChI is InChI=1S/C12H19/c1-3-5-7-9-11-12-10-8-6-4-2/h3,5,12H,4,6-7,9,11H2,1-2H3. The highest BCUT2D eigenvalue weighted by Gasteiger charge is 1.82. The Hall–Kier alpha value is -0.700. The van der Waals surface area contributed by atoms with Gasteiger partial charge in [-0.2, -0.15) is 0 Å².